The molecule has 0 spiro atoms. The lowest BCUT2D eigenvalue weighted by Crippen LogP contribution is -2.40. The Balaban J connectivity index is 1.26. The van der Waals surface area contributed by atoms with Crippen LogP contribution >= 0.6 is 22.7 Å². The van der Waals surface area contributed by atoms with E-state index >= 15 is 0 Å². The van der Waals surface area contributed by atoms with Crippen molar-refractivity contribution >= 4 is 52.0 Å². The predicted octanol–water partition coefficient (Wildman–Crippen LogP) is 6.35. The van der Waals surface area contributed by atoms with Crippen molar-refractivity contribution in [2.24, 2.45) is 11.3 Å². The molecule has 3 aromatic heterocycles. The van der Waals surface area contributed by atoms with E-state index in [1.54, 1.807) is 27.8 Å². The molecule has 4 aromatic rings. The number of hydrogen-bond acceptors (Lipinski definition) is 9. The van der Waals surface area contributed by atoms with Gasteiger partial charge in [0.15, 0.2) is 0 Å². The molecule has 1 aliphatic rings. The molecular weight excluding hydrogens is 583 g/mol. The van der Waals surface area contributed by atoms with Crippen molar-refractivity contribution in [2.75, 3.05) is 10.2 Å². The van der Waals surface area contributed by atoms with Gasteiger partial charge in [0, 0.05) is 47.8 Å². The van der Waals surface area contributed by atoms with Crippen LogP contribution < -0.4 is 15.5 Å². The van der Waals surface area contributed by atoms with Crippen molar-refractivity contribution in [3.63, 3.8) is 0 Å². The third-order valence-corrected chi connectivity index (χ3v) is 9.11. The maximum absolute atomic E-state index is 14.0. The predicted molar refractivity (Wildman–Crippen MR) is 169 cm³/mol. The fraction of sp³-hybridized carbons (Fsp3) is 0.344. The van der Waals surface area contributed by atoms with E-state index in [-0.39, 0.29) is 35.7 Å². The SMILES string of the molecule is CC(=O)OC1CC(C(C)(C)C)C(=O)N(Cc2nc(C(=O)NCc3cc(CNc4ccccn4)cs3)cs2)c2ccccc21. The van der Waals surface area contributed by atoms with Crippen LogP contribution in [0.15, 0.2) is 65.5 Å². The number of fused-ring (bicyclic) bond motifs is 1. The number of nitrogens with one attached hydrogen (secondary N) is 2. The van der Waals surface area contributed by atoms with E-state index in [1.165, 1.54) is 18.3 Å². The Labute approximate surface area is 259 Å². The second kappa shape index (κ2) is 13.0. The molecule has 5 rings (SSSR count). The number of esters is 1. The fourth-order valence-corrected chi connectivity index (χ4v) is 6.70. The summed E-state index contributed by atoms with van der Waals surface area (Å²) in [5.41, 5.74) is 2.55. The molecule has 0 fully saturated rings. The number of para-hydroxylation sites is 1. The number of amides is 2. The molecular formula is C32H35N5O4S2. The van der Waals surface area contributed by atoms with Gasteiger partial charge in [-0.15, -0.1) is 22.7 Å². The van der Waals surface area contributed by atoms with Crippen LogP contribution in [0.25, 0.3) is 0 Å². The molecule has 0 saturated carbocycles. The first-order valence-corrected chi connectivity index (χ1v) is 15.9. The molecule has 0 aliphatic carbocycles. The molecule has 0 radical (unpaired) electrons. The second-order valence-electron chi connectivity index (χ2n) is 11.5. The lowest BCUT2D eigenvalue weighted by Gasteiger charge is -2.32. The zero-order valence-corrected chi connectivity index (χ0v) is 26.3. The Bertz CT molecular complexity index is 1590. The minimum absolute atomic E-state index is 0.0539. The van der Waals surface area contributed by atoms with Gasteiger partial charge in [-0.05, 0) is 40.6 Å². The van der Waals surface area contributed by atoms with Gasteiger partial charge in [-0.1, -0.05) is 45.0 Å². The molecule has 2 amide bonds. The van der Waals surface area contributed by atoms with Gasteiger partial charge < -0.3 is 20.3 Å². The van der Waals surface area contributed by atoms with Crippen LogP contribution in [0.5, 0.6) is 0 Å². The normalized spacial score (nSPS) is 16.7. The van der Waals surface area contributed by atoms with E-state index in [1.807, 2.05) is 63.2 Å². The number of nitrogens with zero attached hydrogens (tertiary/aromatic N) is 3. The molecule has 2 N–H and O–H groups in total. The van der Waals surface area contributed by atoms with Crippen LogP contribution in [0.1, 0.15) is 71.7 Å². The van der Waals surface area contributed by atoms with Gasteiger partial charge in [0.1, 0.15) is 22.6 Å². The highest BCUT2D eigenvalue weighted by atomic mass is 32.1. The molecule has 0 bridgehead atoms. The number of pyridine rings is 1. The summed E-state index contributed by atoms with van der Waals surface area (Å²) in [5, 5.41) is 10.7. The number of rotatable bonds is 9. The number of aromatic nitrogens is 2. The number of benzene rings is 1. The molecule has 1 aliphatic heterocycles. The van der Waals surface area contributed by atoms with Crippen molar-refractivity contribution < 1.29 is 19.1 Å². The van der Waals surface area contributed by atoms with Crippen LogP contribution in [0, 0.1) is 11.3 Å². The average molecular weight is 618 g/mol. The first kappa shape index (κ1) is 30.4. The number of anilines is 2. The molecule has 2 unspecified atom stereocenters. The maximum Gasteiger partial charge on any atom is 0.303 e. The third kappa shape index (κ3) is 7.47. The van der Waals surface area contributed by atoms with Gasteiger partial charge in [0.2, 0.25) is 5.91 Å². The van der Waals surface area contributed by atoms with Gasteiger partial charge in [-0.3, -0.25) is 14.4 Å². The Morgan fingerprint density at radius 2 is 1.86 bits per heavy atom. The smallest absolute Gasteiger partial charge is 0.303 e. The van der Waals surface area contributed by atoms with Crippen LogP contribution in [-0.2, 0) is 34.0 Å². The molecule has 1 aromatic carbocycles. The van der Waals surface area contributed by atoms with Crippen LogP contribution in [0.4, 0.5) is 11.5 Å². The summed E-state index contributed by atoms with van der Waals surface area (Å²) in [6.45, 7) is 8.70. The first-order valence-electron chi connectivity index (χ1n) is 14.1. The number of hydrogen-bond donors (Lipinski definition) is 2. The second-order valence-corrected chi connectivity index (χ2v) is 13.5. The van der Waals surface area contributed by atoms with Crippen molar-refractivity contribution in [2.45, 2.75) is 59.9 Å². The lowest BCUT2D eigenvalue weighted by molar-refractivity contribution is -0.149. The van der Waals surface area contributed by atoms with E-state index in [9.17, 15) is 14.4 Å². The number of carbonyl (C=O) groups is 3. The molecule has 4 heterocycles. The van der Waals surface area contributed by atoms with Crippen molar-refractivity contribution in [1.29, 1.82) is 0 Å². The minimum Gasteiger partial charge on any atom is -0.458 e. The molecule has 0 saturated heterocycles. The van der Waals surface area contributed by atoms with E-state index in [2.05, 4.69) is 32.0 Å². The fourth-order valence-electron chi connectivity index (χ4n) is 5.11. The summed E-state index contributed by atoms with van der Waals surface area (Å²) in [4.78, 5) is 50.6. The quantitative estimate of drug-likeness (QED) is 0.211. The monoisotopic (exact) mass is 617 g/mol. The maximum atomic E-state index is 14.0. The van der Waals surface area contributed by atoms with Crippen molar-refractivity contribution in [1.82, 2.24) is 15.3 Å². The zero-order valence-electron chi connectivity index (χ0n) is 24.6. The lowest BCUT2D eigenvalue weighted by atomic mass is 9.76. The van der Waals surface area contributed by atoms with Gasteiger partial charge in [-0.25, -0.2) is 9.97 Å². The van der Waals surface area contributed by atoms with E-state index in [0.717, 1.165) is 21.8 Å². The summed E-state index contributed by atoms with van der Waals surface area (Å²) < 4.78 is 5.71. The zero-order chi connectivity index (χ0) is 30.6. The van der Waals surface area contributed by atoms with Gasteiger partial charge in [-0.2, -0.15) is 0 Å². The highest BCUT2D eigenvalue weighted by Crippen LogP contribution is 2.44. The Kier molecular flexibility index (Phi) is 9.22. The van der Waals surface area contributed by atoms with E-state index in [4.69, 9.17) is 4.74 Å². The Hall–Kier alpha value is -4.09. The number of thiophene rings is 1. The van der Waals surface area contributed by atoms with E-state index < -0.39 is 6.10 Å². The first-order chi connectivity index (χ1) is 20.6. The number of carbonyl (C=O) groups excluding carboxylic acids is 3. The summed E-state index contributed by atoms with van der Waals surface area (Å²) >= 11 is 2.93. The third-order valence-electron chi connectivity index (χ3n) is 7.29. The molecule has 2 atom stereocenters. The molecule has 224 valence electrons. The van der Waals surface area contributed by atoms with Crippen LogP contribution in [0.2, 0.25) is 0 Å². The van der Waals surface area contributed by atoms with Gasteiger partial charge >= 0.3 is 5.97 Å². The topological polar surface area (TPSA) is 114 Å². The molecule has 43 heavy (non-hydrogen) atoms. The Morgan fingerprint density at radius 1 is 1.07 bits per heavy atom. The van der Waals surface area contributed by atoms with E-state index in [0.29, 0.717) is 35.9 Å². The standard InChI is InChI=1S/C32H35N5O4S2/c1-20(38)41-27-14-24(32(2,3)4)31(40)37(26-10-6-5-9-23(26)27)17-29-36-25(19-43-29)30(39)35-16-22-13-21(18-42-22)15-34-28-11-7-8-12-33-28/h5-13,18-19,24,27H,14-17H2,1-4H3,(H,33,34)(H,35,39). The van der Waals surface area contributed by atoms with Crippen LogP contribution in [-0.4, -0.2) is 27.8 Å². The summed E-state index contributed by atoms with van der Waals surface area (Å²) in [7, 11) is 0. The highest BCUT2D eigenvalue weighted by molar-refractivity contribution is 7.10. The Morgan fingerprint density at radius 3 is 2.60 bits per heavy atom. The molecule has 11 heteroatoms. The van der Waals surface area contributed by atoms with Crippen molar-refractivity contribution in [3.8, 4) is 0 Å². The number of ether oxygens (including phenoxy) is 1. The van der Waals surface area contributed by atoms with Gasteiger partial charge in [0.25, 0.3) is 5.91 Å². The summed E-state index contributed by atoms with van der Waals surface area (Å²) in [6, 6.07) is 15.3. The summed E-state index contributed by atoms with van der Waals surface area (Å²) in [5.74, 6) is -0.284. The van der Waals surface area contributed by atoms with Crippen molar-refractivity contribution in [3.05, 3.63) is 92.2 Å². The largest absolute Gasteiger partial charge is 0.458 e. The summed E-state index contributed by atoms with van der Waals surface area (Å²) in [6.07, 6.45) is 1.60. The molecule has 9 nitrogen and oxygen atoms in total. The van der Waals surface area contributed by atoms with Crippen LogP contribution in [0.3, 0.4) is 0 Å². The highest BCUT2D eigenvalue weighted by Gasteiger charge is 2.42. The average Bonchev–Trinajstić information content (AvgIpc) is 3.62. The minimum atomic E-state index is -0.534. The number of thiazole rings is 1. The van der Waals surface area contributed by atoms with Gasteiger partial charge in [0.05, 0.1) is 18.8 Å².